The lowest BCUT2D eigenvalue weighted by Gasteiger charge is -2.31. The molecule has 0 bridgehead atoms. The molecule has 3 rings (SSSR count). The molecule has 1 aliphatic heterocycles. The summed E-state index contributed by atoms with van der Waals surface area (Å²) in [5.41, 5.74) is 1.19. The monoisotopic (exact) mass is 340 g/mol. The summed E-state index contributed by atoms with van der Waals surface area (Å²) in [6.07, 6.45) is 6.36. The van der Waals surface area contributed by atoms with E-state index < -0.39 is 5.97 Å². The van der Waals surface area contributed by atoms with E-state index in [0.717, 1.165) is 31.7 Å². The van der Waals surface area contributed by atoms with Crippen molar-refractivity contribution >= 4 is 23.4 Å². The van der Waals surface area contributed by atoms with Gasteiger partial charge in [0.1, 0.15) is 5.82 Å². The van der Waals surface area contributed by atoms with Gasteiger partial charge in [-0.25, -0.2) is 4.98 Å². The lowest BCUT2D eigenvalue weighted by Crippen LogP contribution is -2.38. The molecule has 7 heteroatoms. The number of benzene rings is 1. The first kappa shape index (κ1) is 16.9. The topological polar surface area (TPSA) is 95.4 Å². The first-order chi connectivity index (χ1) is 12.1. The number of nitrogens with one attached hydrogen (secondary N) is 1. The minimum atomic E-state index is -0.918. The quantitative estimate of drug-likeness (QED) is 0.864. The van der Waals surface area contributed by atoms with Crippen LogP contribution in [0.15, 0.2) is 42.9 Å². The van der Waals surface area contributed by atoms with E-state index >= 15 is 0 Å². The molecule has 1 saturated heterocycles. The molecular formula is C18H20N4O3. The molecular weight excluding hydrogens is 320 g/mol. The average Bonchev–Trinajstić information content (AvgIpc) is 2.64. The molecule has 1 aromatic heterocycles. The van der Waals surface area contributed by atoms with E-state index in [1.165, 1.54) is 0 Å². The largest absolute Gasteiger partial charge is 0.481 e. The zero-order valence-electron chi connectivity index (χ0n) is 13.8. The summed E-state index contributed by atoms with van der Waals surface area (Å²) < 4.78 is 0. The van der Waals surface area contributed by atoms with Crippen LogP contribution in [0, 0.1) is 5.92 Å². The zero-order valence-corrected chi connectivity index (χ0v) is 13.8. The number of para-hydroxylation sites is 1. The van der Waals surface area contributed by atoms with Gasteiger partial charge in [0.15, 0.2) is 0 Å². The van der Waals surface area contributed by atoms with Crippen molar-refractivity contribution in [2.24, 2.45) is 5.92 Å². The molecule has 0 aliphatic carbocycles. The third kappa shape index (κ3) is 4.32. The SMILES string of the molecule is O=C(O)Cc1ccccc1NC(=O)C1CCN(c2cnccn2)CC1. The highest BCUT2D eigenvalue weighted by Crippen LogP contribution is 2.23. The first-order valence-corrected chi connectivity index (χ1v) is 8.25. The van der Waals surface area contributed by atoms with E-state index in [-0.39, 0.29) is 18.2 Å². The van der Waals surface area contributed by atoms with Crippen molar-refractivity contribution in [1.82, 2.24) is 9.97 Å². The number of anilines is 2. The highest BCUT2D eigenvalue weighted by molar-refractivity contribution is 5.94. The second-order valence-electron chi connectivity index (χ2n) is 6.04. The highest BCUT2D eigenvalue weighted by Gasteiger charge is 2.26. The summed E-state index contributed by atoms with van der Waals surface area (Å²) in [5, 5.41) is 11.9. The van der Waals surface area contributed by atoms with Crippen LogP contribution in [-0.2, 0) is 16.0 Å². The molecule has 0 saturated carbocycles. The van der Waals surface area contributed by atoms with Gasteiger partial charge in [-0.3, -0.25) is 14.6 Å². The summed E-state index contributed by atoms with van der Waals surface area (Å²) in [4.78, 5) is 34.0. The van der Waals surface area contributed by atoms with Gasteiger partial charge in [-0.2, -0.15) is 0 Å². The van der Waals surface area contributed by atoms with Crippen molar-refractivity contribution in [3.05, 3.63) is 48.4 Å². The van der Waals surface area contributed by atoms with Crippen molar-refractivity contribution in [3.8, 4) is 0 Å². The molecule has 0 spiro atoms. The van der Waals surface area contributed by atoms with Gasteiger partial charge in [0.2, 0.25) is 5.91 Å². The van der Waals surface area contributed by atoms with E-state index in [4.69, 9.17) is 5.11 Å². The summed E-state index contributed by atoms with van der Waals surface area (Å²) in [5.74, 6) is -0.241. The van der Waals surface area contributed by atoms with Crippen LogP contribution in [0.2, 0.25) is 0 Å². The second kappa shape index (κ2) is 7.74. The van der Waals surface area contributed by atoms with Crippen LogP contribution >= 0.6 is 0 Å². The number of aliphatic carboxylic acids is 1. The number of hydrogen-bond acceptors (Lipinski definition) is 5. The van der Waals surface area contributed by atoms with E-state index in [2.05, 4.69) is 20.2 Å². The molecule has 1 aromatic carbocycles. The Kier molecular flexibility index (Phi) is 5.23. The molecule has 2 N–H and O–H groups in total. The molecule has 1 fully saturated rings. The Balaban J connectivity index is 1.59. The van der Waals surface area contributed by atoms with Crippen LogP contribution in [0.4, 0.5) is 11.5 Å². The molecule has 2 aromatic rings. The zero-order chi connectivity index (χ0) is 17.6. The van der Waals surface area contributed by atoms with E-state index in [0.29, 0.717) is 11.3 Å². The van der Waals surface area contributed by atoms with E-state index in [9.17, 15) is 9.59 Å². The standard InChI is InChI=1S/C18H20N4O3/c23-17(24)11-14-3-1-2-4-15(14)21-18(25)13-5-9-22(10-6-13)16-12-19-7-8-20-16/h1-4,7-8,12-13H,5-6,9-11H2,(H,21,25)(H,23,24). The number of aromatic nitrogens is 2. The van der Waals surface area contributed by atoms with Crippen molar-refractivity contribution in [2.45, 2.75) is 19.3 Å². The summed E-state index contributed by atoms with van der Waals surface area (Å²) in [7, 11) is 0. The minimum Gasteiger partial charge on any atom is -0.481 e. The Morgan fingerprint density at radius 2 is 1.96 bits per heavy atom. The Hall–Kier alpha value is -2.96. The van der Waals surface area contributed by atoms with Crippen LogP contribution in [0.5, 0.6) is 0 Å². The fraction of sp³-hybridized carbons (Fsp3) is 0.333. The number of nitrogens with zero attached hydrogens (tertiary/aromatic N) is 3. The molecule has 25 heavy (non-hydrogen) atoms. The number of carbonyl (C=O) groups excluding carboxylic acids is 1. The van der Waals surface area contributed by atoms with Gasteiger partial charge in [-0.1, -0.05) is 18.2 Å². The Bertz CT molecular complexity index is 743. The maximum Gasteiger partial charge on any atom is 0.307 e. The van der Waals surface area contributed by atoms with E-state index in [1.54, 1.807) is 42.9 Å². The maximum absolute atomic E-state index is 12.5. The predicted molar refractivity (Wildman–Crippen MR) is 93.4 cm³/mol. The molecule has 0 radical (unpaired) electrons. The van der Waals surface area contributed by atoms with Gasteiger partial charge in [0.25, 0.3) is 0 Å². The lowest BCUT2D eigenvalue weighted by molar-refractivity contribution is -0.136. The number of piperidine rings is 1. The molecule has 130 valence electrons. The number of amides is 1. The van der Waals surface area contributed by atoms with Crippen LogP contribution in [-0.4, -0.2) is 40.0 Å². The van der Waals surface area contributed by atoms with Gasteiger partial charge in [0, 0.05) is 37.1 Å². The summed E-state index contributed by atoms with van der Waals surface area (Å²) >= 11 is 0. The average molecular weight is 340 g/mol. The number of carboxylic acid groups (broad SMARTS) is 1. The first-order valence-electron chi connectivity index (χ1n) is 8.25. The third-order valence-corrected chi connectivity index (χ3v) is 4.36. The van der Waals surface area contributed by atoms with Crippen molar-refractivity contribution in [3.63, 3.8) is 0 Å². The van der Waals surface area contributed by atoms with Gasteiger partial charge >= 0.3 is 5.97 Å². The van der Waals surface area contributed by atoms with Gasteiger partial charge < -0.3 is 15.3 Å². The number of hydrogen-bond donors (Lipinski definition) is 2. The fourth-order valence-corrected chi connectivity index (χ4v) is 3.02. The highest BCUT2D eigenvalue weighted by atomic mass is 16.4. The van der Waals surface area contributed by atoms with Crippen LogP contribution in [0.25, 0.3) is 0 Å². The Labute approximate surface area is 145 Å². The van der Waals surface area contributed by atoms with Gasteiger partial charge in [0.05, 0.1) is 12.6 Å². The van der Waals surface area contributed by atoms with Gasteiger partial charge in [-0.05, 0) is 24.5 Å². The maximum atomic E-state index is 12.5. The Morgan fingerprint density at radius 3 is 2.64 bits per heavy atom. The van der Waals surface area contributed by atoms with Gasteiger partial charge in [-0.15, -0.1) is 0 Å². The molecule has 2 heterocycles. The van der Waals surface area contributed by atoms with Crippen molar-refractivity contribution in [2.75, 3.05) is 23.3 Å². The molecule has 7 nitrogen and oxygen atoms in total. The predicted octanol–water partition coefficient (Wildman–Crippen LogP) is 1.96. The van der Waals surface area contributed by atoms with Crippen LogP contribution < -0.4 is 10.2 Å². The molecule has 0 atom stereocenters. The number of carboxylic acids is 1. The molecule has 0 unspecified atom stereocenters. The number of carbonyl (C=O) groups is 2. The van der Waals surface area contributed by atoms with Crippen LogP contribution in [0.1, 0.15) is 18.4 Å². The van der Waals surface area contributed by atoms with E-state index in [1.807, 2.05) is 0 Å². The third-order valence-electron chi connectivity index (χ3n) is 4.36. The molecule has 1 aliphatic rings. The minimum absolute atomic E-state index is 0.0587. The summed E-state index contributed by atoms with van der Waals surface area (Å²) in [6.45, 7) is 1.49. The normalized spacial score (nSPS) is 15.0. The second-order valence-corrected chi connectivity index (χ2v) is 6.04. The smallest absolute Gasteiger partial charge is 0.307 e. The lowest BCUT2D eigenvalue weighted by atomic mass is 9.95. The molecule has 1 amide bonds. The van der Waals surface area contributed by atoms with Crippen molar-refractivity contribution < 1.29 is 14.7 Å². The summed E-state index contributed by atoms with van der Waals surface area (Å²) in [6, 6.07) is 7.02. The fourth-order valence-electron chi connectivity index (χ4n) is 3.02. The Morgan fingerprint density at radius 1 is 1.20 bits per heavy atom. The number of rotatable bonds is 5. The van der Waals surface area contributed by atoms with Crippen molar-refractivity contribution in [1.29, 1.82) is 0 Å². The van der Waals surface area contributed by atoms with Crippen LogP contribution in [0.3, 0.4) is 0 Å².